The van der Waals surface area contributed by atoms with Crippen LogP contribution in [0.3, 0.4) is 0 Å². The minimum absolute atomic E-state index is 0.0511. The lowest BCUT2D eigenvalue weighted by molar-refractivity contribution is 0.397. The van der Waals surface area contributed by atoms with E-state index >= 15 is 0 Å². The average Bonchev–Trinajstić information content (AvgIpc) is 1.55. The van der Waals surface area contributed by atoms with Gasteiger partial charge in [0, 0.05) is 21.7 Å². The molecule has 0 unspecified atom stereocenters. The monoisotopic (exact) mass is 1560 g/mol. The number of unbranched alkanes of at least 4 members (excludes halogenated alkanes) is 40. The minimum Gasteiger partial charge on any atom is -0.0654 e. The molecule has 626 valence electrons. The Morgan fingerprint density at radius 3 is 0.448 bits per heavy atom. The fraction of sp³-hybridized carbons (Fsp3) is 0.586. The van der Waals surface area contributed by atoms with Crippen LogP contribution in [0.15, 0.2) is 158 Å². The summed E-state index contributed by atoms with van der Waals surface area (Å²) in [4.78, 5) is 0. The van der Waals surface area contributed by atoms with E-state index in [1.807, 2.05) is 0 Å². The molecule has 0 saturated heterocycles. The number of hydrogen-bond donors (Lipinski definition) is 0. The molecule has 116 heavy (non-hydrogen) atoms. The van der Waals surface area contributed by atoms with Crippen LogP contribution in [-0.2, 0) is 21.7 Å². The first-order valence-electron chi connectivity index (χ1n) is 50.3. The second kappa shape index (κ2) is 46.0. The molecular weight excluding hydrogens is 1390 g/mol. The van der Waals surface area contributed by atoms with E-state index in [4.69, 9.17) is 0 Å². The highest BCUT2D eigenvalue weighted by molar-refractivity contribution is 5.91. The molecule has 0 aromatic heterocycles. The van der Waals surface area contributed by atoms with E-state index in [1.165, 1.54) is 437 Å². The smallest absolute Gasteiger partial charge is 0.0215 e. The van der Waals surface area contributed by atoms with Crippen LogP contribution in [0.25, 0.3) is 77.9 Å². The highest BCUT2D eigenvalue weighted by Crippen LogP contribution is 2.61. The van der Waals surface area contributed by atoms with Crippen LogP contribution >= 0.6 is 0 Å². The molecule has 12 rings (SSSR count). The predicted molar refractivity (Wildman–Crippen MR) is 512 cm³/mol. The van der Waals surface area contributed by atoms with Gasteiger partial charge in [0.1, 0.15) is 0 Å². The number of benzene rings is 8. The van der Waals surface area contributed by atoms with Gasteiger partial charge in [0.25, 0.3) is 0 Å². The molecule has 0 atom stereocenters. The standard InChI is InChI=1S/C116H162/c1-9-17-25-33-41-53-77-113(78-54-42-34-26-18-10-2)105-63-51-49-61-97(105)99-71-65-91(85-107(99)113)93-67-73-101-103-75-69-95(89-111(103)115(109(101)87-93,81-57-45-37-29-21-13-5)82-58-46-38-30-22-14-6)96-70-76-104-102-74-68-94(88-110(102)116(112(104)90-96,83-59-47-39-31-23-15-7)84-60-48-40-32-24-16-8)92-66-72-100-98-62-50-52-64-106(98)114(108(100)86-92,79-55-43-35-27-19-11-3)80-56-44-36-28-20-12-4/h49-52,61-76,85-90H,9-48,53-60,77-84H2,1-8H3. The van der Waals surface area contributed by atoms with Crippen molar-refractivity contribution in [2.45, 2.75) is 437 Å². The quantitative estimate of drug-likeness (QED) is 0.0333. The highest BCUT2D eigenvalue weighted by atomic mass is 14.5. The SMILES string of the molecule is CCCCCCCCC1(CCCCCCCC)c2ccccc2-c2ccc(-c3ccc4c(c3)C(CCCCCCCC)(CCCCCCCC)c3cc(-c5ccc6c(c5)C(CCCCCCCC)(CCCCCCCC)c5cc(-c7ccc8c(c7)C(CCCCCCCC)(CCCCCCCC)c7ccccc7-8)ccc5-6)ccc3-4)cc21. The molecule has 0 nitrogen and oxygen atoms in total. The summed E-state index contributed by atoms with van der Waals surface area (Å²) in [5.74, 6) is 0. The first-order chi connectivity index (χ1) is 57.2. The lowest BCUT2D eigenvalue weighted by atomic mass is 9.69. The van der Waals surface area contributed by atoms with Crippen molar-refractivity contribution in [2.24, 2.45) is 0 Å². The Bertz CT molecular complexity index is 3920. The molecule has 0 saturated carbocycles. The molecule has 8 aromatic rings. The zero-order valence-electron chi connectivity index (χ0n) is 75.6. The van der Waals surface area contributed by atoms with Gasteiger partial charge >= 0.3 is 0 Å². The Balaban J connectivity index is 0.958. The van der Waals surface area contributed by atoms with Crippen molar-refractivity contribution in [3.05, 3.63) is 202 Å². The van der Waals surface area contributed by atoms with Crippen LogP contribution in [0.1, 0.15) is 459 Å². The summed E-state index contributed by atoms with van der Waals surface area (Å²) < 4.78 is 0. The van der Waals surface area contributed by atoms with Crippen LogP contribution < -0.4 is 0 Å². The van der Waals surface area contributed by atoms with E-state index in [9.17, 15) is 0 Å². The average molecular weight is 1560 g/mol. The normalized spacial score (nSPS) is 14.5. The first kappa shape index (κ1) is 89.0. The van der Waals surface area contributed by atoms with Gasteiger partial charge in [-0.05, 0) is 210 Å². The van der Waals surface area contributed by atoms with Crippen LogP contribution in [-0.4, -0.2) is 0 Å². The van der Waals surface area contributed by atoms with Crippen molar-refractivity contribution < 1.29 is 0 Å². The predicted octanol–water partition coefficient (Wildman–Crippen LogP) is 37.8. The second-order valence-electron chi connectivity index (χ2n) is 38.1. The van der Waals surface area contributed by atoms with Gasteiger partial charge in [-0.15, -0.1) is 0 Å². The molecule has 4 aliphatic rings. The van der Waals surface area contributed by atoms with Crippen LogP contribution in [0, 0.1) is 0 Å². The first-order valence-corrected chi connectivity index (χ1v) is 50.3. The van der Waals surface area contributed by atoms with Gasteiger partial charge in [0.15, 0.2) is 0 Å². The topological polar surface area (TPSA) is 0 Å². The molecule has 0 radical (unpaired) electrons. The minimum atomic E-state index is -0.0658. The zero-order valence-corrected chi connectivity index (χ0v) is 75.6. The highest BCUT2D eigenvalue weighted by Gasteiger charge is 2.48. The largest absolute Gasteiger partial charge is 0.0654 e. The van der Waals surface area contributed by atoms with Gasteiger partial charge in [-0.2, -0.15) is 0 Å². The third kappa shape index (κ3) is 21.0. The van der Waals surface area contributed by atoms with Gasteiger partial charge in [-0.25, -0.2) is 0 Å². The van der Waals surface area contributed by atoms with Crippen LogP contribution in [0.4, 0.5) is 0 Å². The molecule has 0 amide bonds. The van der Waals surface area contributed by atoms with Crippen LogP contribution in [0.5, 0.6) is 0 Å². The van der Waals surface area contributed by atoms with E-state index in [0.29, 0.717) is 0 Å². The van der Waals surface area contributed by atoms with Crippen molar-refractivity contribution in [1.29, 1.82) is 0 Å². The van der Waals surface area contributed by atoms with Gasteiger partial charge in [-0.3, -0.25) is 0 Å². The van der Waals surface area contributed by atoms with E-state index in [1.54, 1.807) is 44.5 Å². The van der Waals surface area contributed by atoms with Gasteiger partial charge < -0.3 is 0 Å². The summed E-state index contributed by atoms with van der Waals surface area (Å²) in [5, 5.41) is 0. The van der Waals surface area contributed by atoms with Crippen molar-refractivity contribution >= 4 is 0 Å². The van der Waals surface area contributed by atoms with Crippen LogP contribution in [0.2, 0.25) is 0 Å². The van der Waals surface area contributed by atoms with Gasteiger partial charge in [-0.1, -0.05) is 485 Å². The lowest BCUT2D eigenvalue weighted by Crippen LogP contribution is -2.26. The number of rotatable bonds is 59. The van der Waals surface area contributed by atoms with E-state index < -0.39 is 0 Å². The molecule has 0 fully saturated rings. The van der Waals surface area contributed by atoms with E-state index in [0.717, 1.165) is 0 Å². The number of fused-ring (bicyclic) bond motifs is 12. The molecule has 0 aliphatic heterocycles. The maximum Gasteiger partial charge on any atom is 0.0215 e. The second-order valence-corrected chi connectivity index (χ2v) is 38.1. The Morgan fingerprint density at radius 2 is 0.276 bits per heavy atom. The molecular formula is C116H162. The summed E-state index contributed by atoms with van der Waals surface area (Å²) in [6.45, 7) is 19.0. The third-order valence-corrected chi connectivity index (χ3v) is 29.9. The Kier molecular flexibility index (Phi) is 35.3. The Labute approximate surface area is 712 Å². The molecule has 4 aliphatic carbocycles. The number of hydrogen-bond acceptors (Lipinski definition) is 0. The summed E-state index contributed by atoms with van der Waals surface area (Å²) in [6.07, 6.45) is 73.9. The van der Waals surface area contributed by atoms with E-state index in [2.05, 4.69) is 213 Å². The summed E-state index contributed by atoms with van der Waals surface area (Å²) in [5.41, 5.74) is 33.6. The molecule has 0 heteroatoms. The lowest BCUT2D eigenvalue weighted by Gasteiger charge is -2.34. The summed E-state index contributed by atoms with van der Waals surface area (Å²) in [6, 6.07) is 67.2. The fourth-order valence-corrected chi connectivity index (χ4v) is 23.3. The molecule has 0 spiro atoms. The molecule has 0 heterocycles. The Morgan fingerprint density at radius 1 is 0.138 bits per heavy atom. The third-order valence-electron chi connectivity index (χ3n) is 29.9. The summed E-state index contributed by atoms with van der Waals surface area (Å²) >= 11 is 0. The molecule has 0 N–H and O–H groups in total. The zero-order chi connectivity index (χ0) is 80.7. The van der Waals surface area contributed by atoms with Crippen molar-refractivity contribution in [2.75, 3.05) is 0 Å². The van der Waals surface area contributed by atoms with Crippen molar-refractivity contribution in [3.8, 4) is 77.9 Å². The van der Waals surface area contributed by atoms with Crippen molar-refractivity contribution in [1.82, 2.24) is 0 Å². The Hall–Kier alpha value is -6.24. The maximum atomic E-state index is 2.81. The van der Waals surface area contributed by atoms with Gasteiger partial charge in [0.2, 0.25) is 0 Å². The van der Waals surface area contributed by atoms with E-state index in [-0.39, 0.29) is 21.7 Å². The molecule has 8 aromatic carbocycles. The fourth-order valence-electron chi connectivity index (χ4n) is 23.3. The molecule has 0 bridgehead atoms. The maximum absolute atomic E-state index is 2.81. The van der Waals surface area contributed by atoms with Crippen molar-refractivity contribution in [3.63, 3.8) is 0 Å². The summed E-state index contributed by atoms with van der Waals surface area (Å²) in [7, 11) is 0. The van der Waals surface area contributed by atoms with Gasteiger partial charge in [0.05, 0.1) is 0 Å².